The van der Waals surface area contributed by atoms with Crippen molar-refractivity contribution in [2.75, 3.05) is 12.4 Å². The summed E-state index contributed by atoms with van der Waals surface area (Å²) in [6, 6.07) is 20.3. The molecule has 0 aliphatic heterocycles. The minimum Gasteiger partial charge on any atom is -0.481 e. The van der Waals surface area contributed by atoms with Gasteiger partial charge >= 0.3 is 0 Å². The lowest BCUT2D eigenvalue weighted by Crippen LogP contribution is -2.52. The Kier molecular flexibility index (Phi) is 7.05. The molecule has 9 nitrogen and oxygen atoms in total. The van der Waals surface area contributed by atoms with E-state index >= 15 is 0 Å². The quantitative estimate of drug-likeness (QED) is 0.391. The van der Waals surface area contributed by atoms with Crippen LogP contribution in [0, 0.1) is 5.82 Å². The van der Waals surface area contributed by atoms with Gasteiger partial charge in [0.1, 0.15) is 17.1 Å². The van der Waals surface area contributed by atoms with Gasteiger partial charge in [0, 0.05) is 11.6 Å². The van der Waals surface area contributed by atoms with E-state index in [2.05, 4.69) is 25.7 Å². The lowest BCUT2D eigenvalue weighted by Gasteiger charge is -2.24. The number of pyridine rings is 1. The van der Waals surface area contributed by atoms with Crippen LogP contribution in [-0.2, 0) is 11.3 Å². The summed E-state index contributed by atoms with van der Waals surface area (Å²) in [5.74, 6) is -0.644. The average Bonchev–Trinajstić information content (AvgIpc) is 3.26. The van der Waals surface area contributed by atoms with Gasteiger partial charge in [0.25, 0.3) is 11.8 Å². The molecular weight excluding hydrogens is 463 g/mol. The van der Waals surface area contributed by atoms with Crippen LogP contribution in [0.15, 0.2) is 72.8 Å². The lowest BCUT2D eigenvalue weighted by atomic mass is 10.0. The van der Waals surface area contributed by atoms with Crippen molar-refractivity contribution < 1.29 is 18.7 Å². The summed E-state index contributed by atoms with van der Waals surface area (Å²) in [4.78, 5) is 34.3. The molecule has 4 aromatic rings. The Hall–Kier alpha value is -4.60. The summed E-state index contributed by atoms with van der Waals surface area (Å²) in [7, 11) is 1.45. The maximum Gasteiger partial charge on any atom is 0.270 e. The number of carbonyl (C=O) groups excluding carboxylic acids is 2. The Morgan fingerprint density at radius 2 is 1.69 bits per heavy atom. The van der Waals surface area contributed by atoms with Gasteiger partial charge in [0.2, 0.25) is 11.8 Å². The van der Waals surface area contributed by atoms with Gasteiger partial charge in [-0.1, -0.05) is 36.4 Å². The fraction of sp³-hybridized carbons (Fsp3) is 0.192. The van der Waals surface area contributed by atoms with Gasteiger partial charge in [-0.2, -0.15) is 4.98 Å². The number of carbonyl (C=O) groups is 2. The van der Waals surface area contributed by atoms with Gasteiger partial charge in [0.05, 0.1) is 13.7 Å². The van der Waals surface area contributed by atoms with Crippen LogP contribution in [-0.4, -0.2) is 44.2 Å². The molecule has 0 atom stereocenters. The third-order valence-corrected chi connectivity index (χ3v) is 5.33. The predicted octanol–water partition coefficient (Wildman–Crippen LogP) is 3.68. The highest BCUT2D eigenvalue weighted by atomic mass is 19.1. The molecule has 0 saturated heterocycles. The van der Waals surface area contributed by atoms with Crippen LogP contribution < -0.4 is 15.4 Å². The normalized spacial score (nSPS) is 11.1. The molecule has 0 radical (unpaired) electrons. The third kappa shape index (κ3) is 5.72. The Morgan fingerprint density at radius 1 is 0.972 bits per heavy atom. The summed E-state index contributed by atoms with van der Waals surface area (Å²) < 4.78 is 20.2. The Labute approximate surface area is 207 Å². The summed E-state index contributed by atoms with van der Waals surface area (Å²) in [5, 5.41) is 9.80. The Balaban J connectivity index is 1.55. The minimum absolute atomic E-state index is 0.0529. The van der Waals surface area contributed by atoms with Crippen LogP contribution in [0.25, 0.3) is 11.4 Å². The summed E-state index contributed by atoms with van der Waals surface area (Å²) in [6.07, 6.45) is 0. The molecule has 2 aromatic heterocycles. The van der Waals surface area contributed by atoms with Gasteiger partial charge in [0.15, 0.2) is 5.82 Å². The zero-order valence-corrected chi connectivity index (χ0v) is 20.0. The lowest BCUT2D eigenvalue weighted by molar-refractivity contribution is -0.121. The van der Waals surface area contributed by atoms with Gasteiger partial charge in [-0.25, -0.2) is 14.1 Å². The number of amides is 2. The molecule has 0 saturated carbocycles. The second-order valence-electron chi connectivity index (χ2n) is 8.51. The molecule has 0 fully saturated rings. The predicted molar refractivity (Wildman–Crippen MR) is 132 cm³/mol. The van der Waals surface area contributed by atoms with E-state index in [0.29, 0.717) is 17.9 Å². The summed E-state index contributed by atoms with van der Waals surface area (Å²) >= 11 is 0. The zero-order chi connectivity index (χ0) is 25.7. The number of ether oxygens (including phenoxy) is 1. The number of nitrogens with one attached hydrogen (secondary N) is 2. The van der Waals surface area contributed by atoms with E-state index in [9.17, 15) is 14.0 Å². The molecular formula is C26H25FN6O3. The molecule has 2 amide bonds. The molecule has 2 heterocycles. The Bertz CT molecular complexity index is 1370. The number of halogens is 1. The second kappa shape index (κ2) is 10.3. The van der Waals surface area contributed by atoms with Crippen LogP contribution in [0.2, 0.25) is 0 Å². The van der Waals surface area contributed by atoms with E-state index in [1.54, 1.807) is 42.8 Å². The van der Waals surface area contributed by atoms with Gasteiger partial charge in [-0.05, 0) is 49.7 Å². The maximum absolute atomic E-state index is 13.5. The van der Waals surface area contributed by atoms with Crippen LogP contribution in [0.4, 0.5) is 10.3 Å². The fourth-order valence-electron chi connectivity index (χ4n) is 3.39. The smallest absolute Gasteiger partial charge is 0.270 e. The van der Waals surface area contributed by atoms with E-state index in [1.165, 1.54) is 25.3 Å². The van der Waals surface area contributed by atoms with Crippen LogP contribution in [0.1, 0.15) is 29.9 Å². The average molecular weight is 489 g/mol. The number of rotatable bonds is 8. The monoisotopic (exact) mass is 488 g/mol. The topological polar surface area (TPSA) is 111 Å². The second-order valence-corrected chi connectivity index (χ2v) is 8.51. The fourth-order valence-corrected chi connectivity index (χ4v) is 3.39. The highest BCUT2D eigenvalue weighted by Gasteiger charge is 2.31. The number of methoxy groups -OCH3 is 1. The number of hydrogen-bond acceptors (Lipinski definition) is 6. The van der Waals surface area contributed by atoms with Gasteiger partial charge in [-0.3, -0.25) is 14.9 Å². The number of nitrogens with zero attached hydrogens (tertiary/aromatic N) is 4. The molecule has 0 aliphatic carbocycles. The molecule has 36 heavy (non-hydrogen) atoms. The molecule has 0 spiro atoms. The first-order valence-electron chi connectivity index (χ1n) is 11.1. The summed E-state index contributed by atoms with van der Waals surface area (Å²) in [6.45, 7) is 3.50. The molecule has 4 rings (SSSR count). The highest BCUT2D eigenvalue weighted by Crippen LogP contribution is 2.21. The first kappa shape index (κ1) is 24.5. The van der Waals surface area contributed by atoms with E-state index in [0.717, 1.165) is 5.56 Å². The van der Waals surface area contributed by atoms with Gasteiger partial charge < -0.3 is 10.1 Å². The van der Waals surface area contributed by atoms with Crippen molar-refractivity contribution in [1.82, 2.24) is 25.1 Å². The van der Waals surface area contributed by atoms with Crippen LogP contribution in [0.5, 0.6) is 5.88 Å². The number of aromatic nitrogens is 4. The molecule has 2 N–H and O–H groups in total. The van der Waals surface area contributed by atoms with Crippen molar-refractivity contribution in [3.05, 3.63) is 89.9 Å². The van der Waals surface area contributed by atoms with Crippen molar-refractivity contribution in [2.45, 2.75) is 25.9 Å². The van der Waals surface area contributed by atoms with Crippen molar-refractivity contribution in [1.29, 1.82) is 0 Å². The number of anilines is 1. The van der Waals surface area contributed by atoms with Crippen LogP contribution in [0.3, 0.4) is 0 Å². The molecule has 184 valence electrons. The third-order valence-electron chi connectivity index (χ3n) is 5.33. The van der Waals surface area contributed by atoms with Crippen molar-refractivity contribution >= 4 is 17.8 Å². The van der Waals surface area contributed by atoms with Crippen molar-refractivity contribution in [3.63, 3.8) is 0 Å². The standard InChI is InChI=1S/C26H25FN6O3/c1-26(2,31-23(34)20-10-7-11-21(28-20)36-3)24(35)30-25-29-22(18-12-14-19(27)15-13-18)33(32-25)16-17-8-5-4-6-9-17/h4-15H,16H2,1-3H3,(H,31,34)(H,30,32,35). The van der Waals surface area contributed by atoms with Crippen molar-refractivity contribution in [3.8, 4) is 17.3 Å². The van der Waals surface area contributed by atoms with E-state index < -0.39 is 17.4 Å². The van der Waals surface area contributed by atoms with E-state index in [1.807, 2.05) is 30.3 Å². The van der Waals surface area contributed by atoms with E-state index in [-0.39, 0.29) is 23.3 Å². The molecule has 0 unspecified atom stereocenters. The highest BCUT2D eigenvalue weighted by molar-refractivity contribution is 6.02. The van der Waals surface area contributed by atoms with E-state index in [4.69, 9.17) is 4.74 Å². The molecule has 2 aromatic carbocycles. The van der Waals surface area contributed by atoms with Gasteiger partial charge in [-0.15, -0.1) is 5.10 Å². The first-order chi connectivity index (χ1) is 17.2. The molecule has 0 aliphatic rings. The zero-order valence-electron chi connectivity index (χ0n) is 20.0. The Morgan fingerprint density at radius 3 is 2.39 bits per heavy atom. The number of benzene rings is 2. The summed E-state index contributed by atoms with van der Waals surface area (Å²) in [5.41, 5.74) is 0.404. The first-order valence-corrected chi connectivity index (χ1v) is 11.1. The van der Waals surface area contributed by atoms with Crippen LogP contribution >= 0.6 is 0 Å². The minimum atomic E-state index is -1.32. The maximum atomic E-state index is 13.5. The largest absolute Gasteiger partial charge is 0.481 e. The SMILES string of the molecule is COc1cccc(C(=O)NC(C)(C)C(=O)Nc2nc(-c3ccc(F)cc3)n(Cc3ccccc3)n2)n1. The molecule has 0 bridgehead atoms. The molecule has 10 heteroatoms. The number of hydrogen-bond donors (Lipinski definition) is 2. The van der Waals surface area contributed by atoms with Crippen molar-refractivity contribution in [2.24, 2.45) is 0 Å².